The minimum atomic E-state index is -1.70. The van der Waals surface area contributed by atoms with Crippen LogP contribution in [0.5, 0.6) is 0 Å². The first-order valence-corrected chi connectivity index (χ1v) is 36.6. The first-order valence-electron chi connectivity index (χ1n) is 36.6. The molecule has 0 spiro atoms. The van der Waals surface area contributed by atoms with Gasteiger partial charge < -0.3 is 83.1 Å². The van der Waals surface area contributed by atoms with Crippen molar-refractivity contribution in [3.63, 3.8) is 0 Å². The summed E-state index contributed by atoms with van der Waals surface area (Å²) >= 11 is 0. The lowest BCUT2D eigenvalue weighted by Gasteiger charge is -2.67. The van der Waals surface area contributed by atoms with Gasteiger partial charge >= 0.3 is 35.8 Å². The van der Waals surface area contributed by atoms with Crippen molar-refractivity contribution >= 4 is 35.8 Å². The molecule has 103 heavy (non-hydrogen) atoms. The van der Waals surface area contributed by atoms with Gasteiger partial charge in [0.15, 0.2) is 29.7 Å². The van der Waals surface area contributed by atoms with Gasteiger partial charge in [0, 0.05) is 69.3 Å². The van der Waals surface area contributed by atoms with Gasteiger partial charge in [0.2, 0.25) is 0 Å². The second-order valence-electron chi connectivity index (χ2n) is 33.2. The Balaban J connectivity index is 0.000000234. The molecular formula is C80H114O23. The van der Waals surface area contributed by atoms with E-state index >= 15 is 0 Å². The summed E-state index contributed by atoms with van der Waals surface area (Å²) in [5, 5.41) is 78.5. The van der Waals surface area contributed by atoms with Crippen LogP contribution in [0, 0.1) is 69.0 Å². The SMILES string of the molecule is C=C[C@H]1O[C@H]2C[C@H]3OC[C@@]3(OC(C)=O)[C@H]3[C@H](OC(=O)c4ccccc4)[C@]4(C(C)(C)O)C[C@H](OC(=O)[C@H](O)[C@@H](C)CC(C)C)C(C)=C4[C@H](C)[C@H](O1)[C@]23C.CC(=O)O[C@@]12CO[C@@H]1C[C@H](O)[C@]1(C)[C@@H]2[C@H](OC(=O)c2ccccc2)[C@]2(C(C)(C)O)C[C@H](OC(=O)[C@H](O)[C@@H](C)CC(C)C)C(C)=C2[C@H](C)[C@@H]1O.CO. The van der Waals surface area contributed by atoms with Crippen LogP contribution in [-0.4, -0.2) is 194 Å². The van der Waals surface area contributed by atoms with Crippen molar-refractivity contribution in [1.82, 2.24) is 0 Å². The molecule has 7 fully saturated rings. The number of aliphatic hydroxyl groups is 7. The Labute approximate surface area is 606 Å². The number of carbonyl (C=O) groups is 6. The largest absolute Gasteiger partial charge is 0.457 e. The lowest BCUT2D eigenvalue weighted by atomic mass is 9.49. The highest BCUT2D eigenvalue weighted by atomic mass is 16.7. The Hall–Kier alpha value is -5.96. The summed E-state index contributed by atoms with van der Waals surface area (Å²) in [5.74, 6) is -7.39. The molecular weight excluding hydrogens is 1330 g/mol. The zero-order chi connectivity index (χ0) is 76.6. The first-order chi connectivity index (χ1) is 48.1. The number of rotatable bonds is 19. The summed E-state index contributed by atoms with van der Waals surface area (Å²) < 4.78 is 63.5. The molecule has 25 atom stereocenters. The predicted molar refractivity (Wildman–Crippen MR) is 376 cm³/mol. The lowest BCUT2D eigenvalue weighted by molar-refractivity contribution is -0.391. The Morgan fingerprint density at radius 3 is 1.34 bits per heavy atom. The molecule has 6 aliphatic carbocycles. The number of esters is 6. The summed E-state index contributed by atoms with van der Waals surface area (Å²) in [6, 6.07) is 16.9. The normalized spacial score (nSPS) is 38.0. The van der Waals surface area contributed by atoms with Crippen molar-refractivity contribution in [2.75, 3.05) is 20.3 Å². The number of benzene rings is 2. The fourth-order valence-electron chi connectivity index (χ4n) is 20.7. The molecule has 0 amide bonds. The van der Waals surface area contributed by atoms with Crippen LogP contribution in [-0.2, 0) is 66.5 Å². The molecule has 3 heterocycles. The average molecular weight is 1440 g/mol. The molecule has 2 aromatic carbocycles. The van der Waals surface area contributed by atoms with E-state index in [1.807, 2.05) is 55.4 Å². The van der Waals surface area contributed by atoms with Crippen molar-refractivity contribution in [2.45, 2.75) is 265 Å². The highest BCUT2D eigenvalue weighted by Crippen LogP contribution is 2.72. The fourth-order valence-corrected chi connectivity index (χ4v) is 20.7. The van der Waals surface area contributed by atoms with Crippen molar-refractivity contribution < 1.29 is 112 Å². The highest BCUT2D eigenvalue weighted by Gasteiger charge is 2.82. The molecule has 23 nitrogen and oxygen atoms in total. The van der Waals surface area contributed by atoms with E-state index in [4.69, 9.17) is 52.5 Å². The molecule has 2 aromatic rings. The zero-order valence-electron chi connectivity index (χ0n) is 63.5. The van der Waals surface area contributed by atoms with Gasteiger partial charge in [-0.3, -0.25) is 9.59 Å². The summed E-state index contributed by atoms with van der Waals surface area (Å²) in [4.78, 5) is 81.5. The Morgan fingerprint density at radius 1 is 0.592 bits per heavy atom. The van der Waals surface area contributed by atoms with E-state index in [0.717, 1.165) is 12.7 Å². The van der Waals surface area contributed by atoms with E-state index in [2.05, 4.69) is 6.58 Å². The van der Waals surface area contributed by atoms with Gasteiger partial charge in [-0.15, -0.1) is 0 Å². The van der Waals surface area contributed by atoms with Crippen LogP contribution in [0.1, 0.15) is 184 Å². The van der Waals surface area contributed by atoms with Crippen molar-refractivity contribution in [3.05, 3.63) is 107 Å². The van der Waals surface area contributed by atoms with Gasteiger partial charge in [0.1, 0.15) is 36.6 Å². The quantitative estimate of drug-likeness (QED) is 0.0393. The summed E-state index contributed by atoms with van der Waals surface area (Å²) in [6.07, 6.45) is -9.61. The van der Waals surface area contributed by atoms with Crippen LogP contribution >= 0.6 is 0 Å². The molecule has 23 heteroatoms. The Morgan fingerprint density at radius 2 is 0.981 bits per heavy atom. The highest BCUT2D eigenvalue weighted by molar-refractivity contribution is 5.90. The Kier molecular flexibility index (Phi) is 23.6. The van der Waals surface area contributed by atoms with E-state index < -0.39 is 183 Å². The molecule has 0 unspecified atom stereocenters. The second-order valence-corrected chi connectivity index (χ2v) is 33.2. The van der Waals surface area contributed by atoms with Crippen LogP contribution in [0.25, 0.3) is 0 Å². The van der Waals surface area contributed by atoms with Gasteiger partial charge in [0.25, 0.3) is 0 Å². The number of hydrogen-bond donors (Lipinski definition) is 7. The minimum absolute atomic E-state index is 0.0309. The lowest BCUT2D eigenvalue weighted by Crippen LogP contribution is -2.80. The van der Waals surface area contributed by atoms with Crippen molar-refractivity contribution in [1.29, 1.82) is 0 Å². The molecule has 0 bridgehead atoms. The standard InChI is InChI=1S/C41H56O11.C38H54O11.CH4O/c1-11-30-49-28-18-29-41(20-47-29,52-25(7)42)33-35(51-36(44)26-15-13-12-14-16-26)40(38(8,9)46)19-27(48-37(45)32(43)22(4)17-21(2)3)23(5)31(40)24(6)34(50-30)39(28,33)10;1-19(2)15-20(3)29(41)34(44)47-25-17-37(35(7,8)45)28(21(25)4)22(5)31(42)36(9)26(40)16-27-38(18-46-27,49-23(6)39)30(36)32(37)48-33(43)24-13-11-10-12-14-24;1-2/h11-16,21-22,24,27-30,32-35,43,46H,1,17-20H2,2-10H3;10-14,19-20,22,25-27,29-32,40-42,45H,15-18H2,1-9H3;2H,1H3/t22-,24-,27-,28-,29+,30-,32+,33-,34-,35-,39+,40-,41-;20-,22-,25-,26-,27+,29+,30-,31-,32-,36+,37-,38-;/m00./s1. The summed E-state index contributed by atoms with van der Waals surface area (Å²) in [6.45, 7) is 35.9. The van der Waals surface area contributed by atoms with E-state index in [-0.39, 0.29) is 61.7 Å². The van der Waals surface area contributed by atoms with Gasteiger partial charge in [-0.25, -0.2) is 19.2 Å². The molecule has 3 aliphatic heterocycles. The van der Waals surface area contributed by atoms with Crippen molar-refractivity contribution in [3.8, 4) is 0 Å². The van der Waals surface area contributed by atoms with Crippen LogP contribution in [0.4, 0.5) is 0 Å². The summed E-state index contributed by atoms with van der Waals surface area (Å²) in [7, 11) is 1.00. The molecule has 7 N–H and O–H groups in total. The average Bonchev–Trinajstić information content (AvgIpc) is 1.57. The third kappa shape index (κ3) is 13.6. The smallest absolute Gasteiger partial charge is 0.338 e. The maximum Gasteiger partial charge on any atom is 0.338 e. The number of carbonyl (C=O) groups excluding carboxylic acids is 6. The predicted octanol–water partition coefficient (Wildman–Crippen LogP) is 8.67. The minimum Gasteiger partial charge on any atom is -0.457 e. The molecule has 572 valence electrons. The second kappa shape index (κ2) is 30.0. The third-order valence-electron chi connectivity index (χ3n) is 25.1. The zero-order valence-corrected chi connectivity index (χ0v) is 63.5. The van der Waals surface area contributed by atoms with E-state index in [0.29, 0.717) is 41.5 Å². The van der Waals surface area contributed by atoms with E-state index in [1.165, 1.54) is 13.8 Å². The van der Waals surface area contributed by atoms with Gasteiger partial charge in [-0.2, -0.15) is 0 Å². The molecule has 11 rings (SSSR count). The van der Waals surface area contributed by atoms with Crippen LogP contribution < -0.4 is 0 Å². The monoisotopic (exact) mass is 1440 g/mol. The van der Waals surface area contributed by atoms with E-state index in [9.17, 15) is 59.4 Å². The molecule has 0 radical (unpaired) electrons. The Bertz CT molecular complexity index is 3520. The number of fused-ring (bicyclic) bond motifs is 7. The molecule has 4 saturated carbocycles. The third-order valence-corrected chi connectivity index (χ3v) is 25.1. The number of ether oxygens (including phenoxy) is 10. The molecule has 9 aliphatic rings. The van der Waals surface area contributed by atoms with E-state index in [1.54, 1.807) is 122 Å². The number of aliphatic hydroxyl groups excluding tert-OH is 5. The van der Waals surface area contributed by atoms with Crippen molar-refractivity contribution in [2.24, 2.45) is 69.0 Å². The van der Waals surface area contributed by atoms with Gasteiger partial charge in [-0.1, -0.05) is 112 Å². The molecule has 3 saturated heterocycles. The van der Waals surface area contributed by atoms with Gasteiger partial charge in [-0.05, 0) is 131 Å². The first kappa shape index (κ1) is 81.1. The maximum absolute atomic E-state index is 14.4. The topological polar surface area (TPSA) is 336 Å². The maximum atomic E-state index is 14.4. The number of hydrogen-bond acceptors (Lipinski definition) is 23. The molecule has 0 aromatic heterocycles. The van der Waals surface area contributed by atoms with Crippen LogP contribution in [0.3, 0.4) is 0 Å². The van der Waals surface area contributed by atoms with Gasteiger partial charge in [0.05, 0.1) is 82.6 Å². The van der Waals surface area contributed by atoms with Crippen LogP contribution in [0.15, 0.2) is 95.6 Å². The summed E-state index contributed by atoms with van der Waals surface area (Å²) in [5.41, 5.74) is -8.33. The van der Waals surface area contributed by atoms with Crippen LogP contribution in [0.2, 0.25) is 0 Å². The fraction of sp³-hybridized carbons (Fsp3) is 0.700.